The fourth-order valence-corrected chi connectivity index (χ4v) is 3.83. The van der Waals surface area contributed by atoms with Crippen LogP contribution in [-0.4, -0.2) is 29.5 Å². The molecule has 1 amide bonds. The van der Waals surface area contributed by atoms with E-state index in [-0.39, 0.29) is 11.6 Å². The molecule has 3 rings (SSSR count). The summed E-state index contributed by atoms with van der Waals surface area (Å²) >= 11 is 7.60. The topological polar surface area (TPSA) is 58.1 Å². The Morgan fingerprint density at radius 2 is 1.97 bits per heavy atom. The molecule has 0 spiro atoms. The van der Waals surface area contributed by atoms with Crippen molar-refractivity contribution in [1.82, 2.24) is 9.97 Å². The van der Waals surface area contributed by atoms with Crippen molar-refractivity contribution in [3.05, 3.63) is 76.7 Å². The molecule has 0 saturated carbocycles. The third-order valence-corrected chi connectivity index (χ3v) is 5.40. The number of rotatable bonds is 8. The molecular weight excluding hydrogens is 423 g/mol. The van der Waals surface area contributed by atoms with Gasteiger partial charge in [-0.05, 0) is 36.2 Å². The highest BCUT2D eigenvalue weighted by atomic mass is 35.5. The highest BCUT2D eigenvalue weighted by Crippen LogP contribution is 2.25. The lowest BCUT2D eigenvalue weighted by molar-refractivity contribution is 0.102. The maximum absolute atomic E-state index is 13.8. The number of carbonyl (C=O) groups excluding carboxylic acids is 1. The van der Waals surface area contributed by atoms with E-state index in [4.69, 9.17) is 11.6 Å². The van der Waals surface area contributed by atoms with E-state index in [1.165, 1.54) is 23.9 Å². The summed E-state index contributed by atoms with van der Waals surface area (Å²) in [6.45, 7) is 2.97. The largest absolute Gasteiger partial charge is 0.360 e. The van der Waals surface area contributed by atoms with E-state index in [2.05, 4.69) is 22.2 Å². The first kappa shape index (κ1) is 22.1. The Bertz CT molecular complexity index is 1030. The van der Waals surface area contributed by atoms with Crippen LogP contribution in [0.2, 0.25) is 5.15 Å². The summed E-state index contributed by atoms with van der Waals surface area (Å²) in [4.78, 5) is 23.4. The number of anilines is 2. The zero-order valence-corrected chi connectivity index (χ0v) is 18.3. The summed E-state index contributed by atoms with van der Waals surface area (Å²) in [6.07, 6.45) is 1.00. The average molecular weight is 445 g/mol. The van der Waals surface area contributed by atoms with Crippen molar-refractivity contribution >= 4 is 40.8 Å². The number of hydrogen-bond donors (Lipinski definition) is 1. The first-order valence-corrected chi connectivity index (χ1v) is 10.9. The van der Waals surface area contributed by atoms with Crippen LogP contribution in [-0.2, 0) is 5.75 Å². The Morgan fingerprint density at radius 3 is 2.73 bits per heavy atom. The van der Waals surface area contributed by atoms with Crippen LogP contribution in [0.4, 0.5) is 15.9 Å². The van der Waals surface area contributed by atoms with E-state index in [0.29, 0.717) is 21.6 Å². The van der Waals surface area contributed by atoms with E-state index in [1.54, 1.807) is 36.4 Å². The molecule has 5 nitrogen and oxygen atoms in total. The smallest absolute Gasteiger partial charge is 0.255 e. The zero-order valence-electron chi connectivity index (χ0n) is 16.7. The first-order chi connectivity index (χ1) is 14.5. The van der Waals surface area contributed by atoms with Gasteiger partial charge in [-0.25, -0.2) is 14.4 Å². The van der Waals surface area contributed by atoms with Gasteiger partial charge in [-0.15, -0.1) is 0 Å². The van der Waals surface area contributed by atoms with Crippen LogP contribution in [0.5, 0.6) is 0 Å². The minimum Gasteiger partial charge on any atom is -0.360 e. The maximum Gasteiger partial charge on any atom is 0.255 e. The van der Waals surface area contributed by atoms with Crippen LogP contribution in [0, 0.1) is 5.82 Å². The fraction of sp³-hybridized carbons (Fsp3) is 0.227. The third-order valence-electron chi connectivity index (χ3n) is 4.29. The molecular formula is C22H22ClFN4OS. The van der Waals surface area contributed by atoms with Crippen LogP contribution in [0.1, 0.15) is 29.3 Å². The van der Waals surface area contributed by atoms with Gasteiger partial charge in [0, 0.05) is 31.0 Å². The Hall–Kier alpha value is -2.64. The van der Waals surface area contributed by atoms with Crippen molar-refractivity contribution in [3.8, 4) is 0 Å². The number of thioether (sulfide) groups is 1. The molecule has 0 aliphatic heterocycles. The minimum absolute atomic E-state index is 0.151. The molecule has 3 aromatic rings. The van der Waals surface area contributed by atoms with Crippen LogP contribution >= 0.6 is 23.4 Å². The first-order valence-electron chi connectivity index (χ1n) is 9.49. The maximum atomic E-state index is 13.8. The molecule has 0 saturated heterocycles. The molecule has 30 heavy (non-hydrogen) atoms. The number of nitrogens with zero attached hydrogens (tertiary/aromatic N) is 3. The highest BCUT2D eigenvalue weighted by Gasteiger charge is 2.11. The lowest BCUT2D eigenvalue weighted by Crippen LogP contribution is -2.19. The number of para-hydroxylation sites is 1. The van der Waals surface area contributed by atoms with Crippen molar-refractivity contribution in [2.45, 2.75) is 24.3 Å². The molecule has 2 aromatic carbocycles. The quantitative estimate of drug-likeness (QED) is 0.276. The number of nitrogens with one attached hydrogen (secondary N) is 1. The molecule has 0 unspecified atom stereocenters. The predicted molar refractivity (Wildman–Crippen MR) is 121 cm³/mol. The summed E-state index contributed by atoms with van der Waals surface area (Å²) in [5.41, 5.74) is 1.53. The highest BCUT2D eigenvalue weighted by molar-refractivity contribution is 7.98. The van der Waals surface area contributed by atoms with Gasteiger partial charge in [-0.2, -0.15) is 0 Å². The van der Waals surface area contributed by atoms with E-state index in [0.717, 1.165) is 24.3 Å². The monoisotopic (exact) mass is 444 g/mol. The van der Waals surface area contributed by atoms with Crippen molar-refractivity contribution < 1.29 is 9.18 Å². The molecule has 0 atom stereocenters. The molecule has 156 valence electrons. The Balaban J connectivity index is 1.68. The summed E-state index contributed by atoms with van der Waals surface area (Å²) in [5, 5.41) is 3.56. The fourth-order valence-electron chi connectivity index (χ4n) is 2.80. The molecule has 0 aliphatic carbocycles. The van der Waals surface area contributed by atoms with Gasteiger partial charge >= 0.3 is 0 Å². The second kappa shape index (κ2) is 10.4. The van der Waals surface area contributed by atoms with E-state index in [1.807, 2.05) is 18.0 Å². The third kappa shape index (κ3) is 5.93. The van der Waals surface area contributed by atoms with Crippen LogP contribution in [0.25, 0.3) is 0 Å². The number of amides is 1. The molecule has 1 N–H and O–H groups in total. The molecule has 1 aromatic heterocycles. The van der Waals surface area contributed by atoms with Crippen molar-refractivity contribution in [2.24, 2.45) is 0 Å². The van der Waals surface area contributed by atoms with E-state index < -0.39 is 5.82 Å². The lowest BCUT2D eigenvalue weighted by atomic mass is 10.1. The molecule has 0 aliphatic rings. The SMILES string of the molecule is CCCN(C)c1cc(Cl)nc(SCc2cccc(C(=O)Nc3ccccc3F)c2)n1. The number of aromatic nitrogens is 2. The Morgan fingerprint density at radius 1 is 1.17 bits per heavy atom. The van der Waals surface area contributed by atoms with Crippen LogP contribution in [0.3, 0.4) is 0 Å². The van der Waals surface area contributed by atoms with Gasteiger partial charge in [0.2, 0.25) is 0 Å². The number of benzene rings is 2. The van der Waals surface area contributed by atoms with Crippen molar-refractivity contribution in [1.29, 1.82) is 0 Å². The lowest BCUT2D eigenvalue weighted by Gasteiger charge is -2.17. The molecule has 0 bridgehead atoms. The predicted octanol–water partition coefficient (Wildman–Crippen LogP) is 5.66. The summed E-state index contributed by atoms with van der Waals surface area (Å²) in [6, 6.07) is 15.0. The normalized spacial score (nSPS) is 10.7. The molecule has 0 radical (unpaired) electrons. The van der Waals surface area contributed by atoms with E-state index >= 15 is 0 Å². The van der Waals surface area contributed by atoms with Crippen LogP contribution in [0.15, 0.2) is 59.8 Å². The van der Waals surface area contributed by atoms with Gasteiger partial charge in [0.1, 0.15) is 16.8 Å². The van der Waals surface area contributed by atoms with Gasteiger partial charge in [-0.3, -0.25) is 4.79 Å². The van der Waals surface area contributed by atoms with Crippen molar-refractivity contribution in [3.63, 3.8) is 0 Å². The van der Waals surface area contributed by atoms with E-state index in [9.17, 15) is 9.18 Å². The van der Waals surface area contributed by atoms with Crippen LogP contribution < -0.4 is 10.2 Å². The second-order valence-electron chi connectivity index (χ2n) is 6.68. The van der Waals surface area contributed by atoms with Crippen molar-refractivity contribution in [2.75, 3.05) is 23.8 Å². The van der Waals surface area contributed by atoms with Gasteiger partial charge in [0.15, 0.2) is 5.16 Å². The minimum atomic E-state index is -0.473. The number of halogens is 2. The van der Waals surface area contributed by atoms with Gasteiger partial charge in [0.25, 0.3) is 5.91 Å². The molecule has 1 heterocycles. The van der Waals surface area contributed by atoms with Gasteiger partial charge in [-0.1, -0.05) is 54.6 Å². The van der Waals surface area contributed by atoms with Gasteiger partial charge < -0.3 is 10.2 Å². The summed E-state index contributed by atoms with van der Waals surface area (Å²) in [7, 11) is 1.97. The number of hydrogen-bond acceptors (Lipinski definition) is 5. The molecule has 0 fully saturated rings. The number of carbonyl (C=O) groups is 1. The zero-order chi connectivity index (χ0) is 21.5. The molecule has 8 heteroatoms. The summed E-state index contributed by atoms with van der Waals surface area (Å²) < 4.78 is 13.8. The van der Waals surface area contributed by atoms with Gasteiger partial charge in [0.05, 0.1) is 5.69 Å². The standard InChI is InChI=1S/C22H22ClFN4OS/c1-3-11-28(2)20-13-19(23)26-22(27-20)30-14-15-7-6-8-16(12-15)21(29)25-18-10-5-4-9-17(18)24/h4-10,12-13H,3,11,14H2,1-2H3,(H,25,29). The Labute approximate surface area is 184 Å². The Kier molecular flexibility index (Phi) is 7.65. The summed E-state index contributed by atoms with van der Waals surface area (Å²) in [5.74, 6) is 0.504. The second-order valence-corrected chi connectivity index (χ2v) is 8.01. The average Bonchev–Trinajstić information content (AvgIpc) is 2.74.